The fourth-order valence-electron chi connectivity index (χ4n) is 4.02. The van der Waals surface area contributed by atoms with Crippen LogP contribution in [0.4, 0.5) is 22.7 Å². The number of nitrogens with zero attached hydrogens (tertiary/aromatic N) is 2. The van der Waals surface area contributed by atoms with Gasteiger partial charge < -0.3 is 5.32 Å². The number of rotatable bonds is 12. The Bertz CT molecular complexity index is 1770. The minimum Gasteiger partial charge on any atom is -0.379 e. The number of hydrogen-bond acceptors (Lipinski definition) is 8. The maximum atomic E-state index is 13.2. The fourth-order valence-corrected chi connectivity index (χ4v) is 6.16. The molecule has 4 aromatic rings. The van der Waals surface area contributed by atoms with E-state index in [1.165, 1.54) is 30.3 Å². The second kappa shape index (κ2) is 12.0. The van der Waals surface area contributed by atoms with Gasteiger partial charge in [0.2, 0.25) is 0 Å². The van der Waals surface area contributed by atoms with Crippen molar-refractivity contribution in [2.75, 3.05) is 21.3 Å². The van der Waals surface area contributed by atoms with Crippen LogP contribution in [-0.4, -0.2) is 38.5 Å². The van der Waals surface area contributed by atoms with Crippen LogP contribution in [0.2, 0.25) is 0 Å². The highest BCUT2D eigenvalue weighted by Crippen LogP contribution is 2.37. The molecule has 12 nitrogen and oxygen atoms in total. The molecule has 0 saturated heterocycles. The molecule has 0 fully saturated rings. The number of nitro groups is 1. The van der Waals surface area contributed by atoms with Gasteiger partial charge in [-0.05, 0) is 69.5 Å². The van der Waals surface area contributed by atoms with E-state index in [1.807, 2.05) is 13.8 Å². The first-order chi connectivity index (χ1) is 19.4. The van der Waals surface area contributed by atoms with Crippen LogP contribution < -0.4 is 14.8 Å². The highest BCUT2D eigenvalue weighted by molar-refractivity contribution is 7.93. The maximum absolute atomic E-state index is 13.2. The van der Waals surface area contributed by atoms with Gasteiger partial charge in [-0.25, -0.2) is 16.8 Å². The summed E-state index contributed by atoms with van der Waals surface area (Å²) in [6.07, 6.45) is 2.97. The average Bonchev–Trinajstić information content (AvgIpc) is 3.32. The molecule has 3 aromatic carbocycles. The Morgan fingerprint density at radius 2 is 1.32 bits per heavy atom. The van der Waals surface area contributed by atoms with Crippen molar-refractivity contribution in [2.45, 2.75) is 43.4 Å². The number of aromatic nitrogens is 2. The second-order valence-corrected chi connectivity index (χ2v) is 12.9. The first-order valence-corrected chi connectivity index (χ1v) is 15.6. The van der Waals surface area contributed by atoms with E-state index in [-0.39, 0.29) is 26.9 Å². The standard InChI is InChI=1S/C27H30N6O6S2/c1-18-6-10-22(11-7-18)40(36,37)31-24-15-26(28-14-4-5-21-17-29-30-20(21)3)27(33(34)35)16-25(24)32-41(38,39)23-12-8-19(2)9-13-23/h6-13,15-17,28,31-32H,4-5,14H2,1-3H3,(H,29,30). The number of anilines is 3. The summed E-state index contributed by atoms with van der Waals surface area (Å²) in [6, 6.07) is 14.3. The van der Waals surface area contributed by atoms with Crippen LogP contribution in [0.3, 0.4) is 0 Å². The molecule has 0 aliphatic heterocycles. The molecule has 1 heterocycles. The third-order valence-corrected chi connectivity index (χ3v) is 9.12. The zero-order valence-electron chi connectivity index (χ0n) is 22.6. The van der Waals surface area contributed by atoms with Gasteiger partial charge >= 0.3 is 0 Å². The van der Waals surface area contributed by atoms with Crippen LogP contribution in [0, 0.1) is 30.9 Å². The minimum atomic E-state index is -4.22. The monoisotopic (exact) mass is 598 g/mol. The van der Waals surface area contributed by atoms with Gasteiger partial charge in [0.25, 0.3) is 25.7 Å². The van der Waals surface area contributed by atoms with Crippen LogP contribution in [0.15, 0.2) is 76.7 Å². The van der Waals surface area contributed by atoms with Crippen LogP contribution in [0.25, 0.3) is 0 Å². The largest absolute Gasteiger partial charge is 0.379 e. The van der Waals surface area contributed by atoms with Gasteiger partial charge in [-0.3, -0.25) is 24.7 Å². The summed E-state index contributed by atoms with van der Waals surface area (Å²) < 4.78 is 57.6. The summed E-state index contributed by atoms with van der Waals surface area (Å²) in [5.41, 5.74) is 2.74. The predicted molar refractivity (Wildman–Crippen MR) is 157 cm³/mol. The van der Waals surface area contributed by atoms with Crippen molar-refractivity contribution in [3.05, 3.63) is 99.4 Å². The van der Waals surface area contributed by atoms with Crippen molar-refractivity contribution in [1.82, 2.24) is 10.2 Å². The lowest BCUT2D eigenvalue weighted by molar-refractivity contribution is -0.383. The zero-order chi connectivity index (χ0) is 29.8. The molecule has 0 saturated carbocycles. The lowest BCUT2D eigenvalue weighted by Gasteiger charge is -2.17. The Balaban J connectivity index is 1.71. The molecular formula is C27H30N6O6S2. The number of nitrogens with one attached hydrogen (secondary N) is 4. The highest BCUT2D eigenvalue weighted by atomic mass is 32.2. The Labute approximate surface area is 238 Å². The van der Waals surface area contributed by atoms with Crippen LogP contribution in [-0.2, 0) is 26.5 Å². The third kappa shape index (κ3) is 7.21. The summed E-state index contributed by atoms with van der Waals surface area (Å²) in [4.78, 5) is 11.2. The second-order valence-electron chi connectivity index (χ2n) is 9.56. The zero-order valence-corrected chi connectivity index (χ0v) is 24.3. The van der Waals surface area contributed by atoms with E-state index >= 15 is 0 Å². The number of hydrogen-bond donors (Lipinski definition) is 4. The Hall–Kier alpha value is -4.43. The van der Waals surface area contributed by atoms with Crippen LogP contribution >= 0.6 is 0 Å². The average molecular weight is 599 g/mol. The molecule has 216 valence electrons. The summed E-state index contributed by atoms with van der Waals surface area (Å²) in [5.74, 6) is 0. The molecule has 0 amide bonds. The molecular weight excluding hydrogens is 568 g/mol. The van der Waals surface area contributed by atoms with Gasteiger partial charge in [-0.1, -0.05) is 35.4 Å². The van der Waals surface area contributed by atoms with Crippen molar-refractivity contribution in [2.24, 2.45) is 0 Å². The lowest BCUT2D eigenvalue weighted by atomic mass is 10.1. The molecule has 0 spiro atoms. The number of nitro benzene ring substituents is 1. The molecule has 4 rings (SSSR count). The van der Waals surface area contributed by atoms with Crippen molar-refractivity contribution in [3.63, 3.8) is 0 Å². The molecule has 0 unspecified atom stereocenters. The summed E-state index contributed by atoms with van der Waals surface area (Å²) >= 11 is 0. The van der Waals surface area contributed by atoms with Crippen LogP contribution in [0.5, 0.6) is 0 Å². The molecule has 0 radical (unpaired) electrons. The number of aryl methyl sites for hydroxylation is 4. The molecule has 14 heteroatoms. The number of H-pyrrole nitrogens is 1. The van der Waals surface area contributed by atoms with Gasteiger partial charge in [-0.2, -0.15) is 5.10 Å². The van der Waals surface area contributed by atoms with Crippen molar-refractivity contribution < 1.29 is 21.8 Å². The van der Waals surface area contributed by atoms with E-state index in [9.17, 15) is 26.9 Å². The van der Waals surface area contributed by atoms with Gasteiger partial charge in [0, 0.05) is 18.3 Å². The van der Waals surface area contributed by atoms with Gasteiger partial charge in [0.05, 0.1) is 32.3 Å². The first-order valence-electron chi connectivity index (χ1n) is 12.6. The predicted octanol–water partition coefficient (Wildman–Crippen LogP) is 4.89. The van der Waals surface area contributed by atoms with E-state index in [0.29, 0.717) is 19.4 Å². The molecule has 0 atom stereocenters. The van der Waals surface area contributed by atoms with Crippen LogP contribution in [0.1, 0.15) is 28.8 Å². The molecule has 0 aliphatic carbocycles. The van der Waals surface area contributed by atoms with E-state index < -0.39 is 30.7 Å². The Kier molecular flexibility index (Phi) is 8.63. The first kappa shape index (κ1) is 29.6. The fraction of sp³-hybridized carbons (Fsp3) is 0.222. The summed E-state index contributed by atoms with van der Waals surface area (Å²) in [6.45, 7) is 5.82. The quantitative estimate of drug-likeness (QED) is 0.101. The molecule has 41 heavy (non-hydrogen) atoms. The smallest absolute Gasteiger partial charge is 0.294 e. The Morgan fingerprint density at radius 1 is 0.805 bits per heavy atom. The van der Waals surface area contributed by atoms with Gasteiger partial charge in [-0.15, -0.1) is 0 Å². The number of benzene rings is 3. The molecule has 1 aromatic heterocycles. The van der Waals surface area contributed by atoms with Crippen molar-refractivity contribution in [3.8, 4) is 0 Å². The Morgan fingerprint density at radius 3 is 1.78 bits per heavy atom. The van der Waals surface area contributed by atoms with Crippen molar-refractivity contribution in [1.29, 1.82) is 0 Å². The van der Waals surface area contributed by atoms with E-state index in [1.54, 1.807) is 37.4 Å². The SMILES string of the molecule is Cc1ccc(S(=O)(=O)Nc2cc(NCCCc3cn[nH]c3C)c([N+](=O)[O-])cc2NS(=O)(=O)c2ccc(C)cc2)cc1. The normalized spacial score (nSPS) is 11.7. The molecule has 0 bridgehead atoms. The van der Waals surface area contributed by atoms with E-state index in [4.69, 9.17) is 0 Å². The van der Waals surface area contributed by atoms with Gasteiger partial charge in [0.1, 0.15) is 5.69 Å². The number of aromatic amines is 1. The van der Waals surface area contributed by atoms with Crippen molar-refractivity contribution >= 4 is 42.8 Å². The van der Waals surface area contributed by atoms with E-state index in [0.717, 1.165) is 28.5 Å². The lowest BCUT2D eigenvalue weighted by Crippen LogP contribution is -2.18. The highest BCUT2D eigenvalue weighted by Gasteiger charge is 2.25. The molecule has 4 N–H and O–H groups in total. The topological polar surface area (TPSA) is 176 Å². The van der Waals surface area contributed by atoms with Gasteiger partial charge in [0.15, 0.2) is 0 Å². The minimum absolute atomic E-state index is 0.0267. The number of sulfonamides is 2. The summed E-state index contributed by atoms with van der Waals surface area (Å²) in [7, 11) is -8.40. The maximum Gasteiger partial charge on any atom is 0.294 e. The summed E-state index contributed by atoms with van der Waals surface area (Å²) in [5, 5.41) is 21.8. The molecule has 0 aliphatic rings. The third-order valence-electron chi connectivity index (χ3n) is 6.36. The van der Waals surface area contributed by atoms with E-state index in [2.05, 4.69) is 25.0 Å².